The number of ether oxygens (including phenoxy) is 3. The zero-order chi connectivity index (χ0) is 18.7. The van der Waals surface area contributed by atoms with Crippen LogP contribution in [0.1, 0.15) is 36.6 Å². The van der Waals surface area contributed by atoms with Gasteiger partial charge >= 0.3 is 0 Å². The second kappa shape index (κ2) is 7.68. The molecule has 0 radical (unpaired) electrons. The van der Waals surface area contributed by atoms with E-state index >= 15 is 0 Å². The highest BCUT2D eigenvalue weighted by Crippen LogP contribution is 2.32. The number of fused-ring (bicyclic) bond motifs is 1. The highest BCUT2D eigenvalue weighted by molar-refractivity contribution is 5.81. The Morgan fingerprint density at radius 3 is 2.50 bits per heavy atom. The summed E-state index contributed by atoms with van der Waals surface area (Å²) in [6.45, 7) is 8.80. The van der Waals surface area contributed by atoms with Crippen LogP contribution in [0.4, 0.5) is 0 Å². The third kappa shape index (κ3) is 4.10. The van der Waals surface area contributed by atoms with E-state index in [1.54, 1.807) is 6.92 Å². The van der Waals surface area contributed by atoms with Crippen molar-refractivity contribution in [3.63, 3.8) is 0 Å². The first kappa shape index (κ1) is 18.1. The summed E-state index contributed by atoms with van der Waals surface area (Å²) in [5, 5.41) is 2.99. The van der Waals surface area contributed by atoms with Crippen molar-refractivity contribution in [3.05, 3.63) is 53.1 Å². The number of benzene rings is 2. The standard InChI is InChI=1S/C21H25NO4/c1-13-5-7-18(14(2)11-13)26-16(4)21(23)22-15(3)17-6-8-19-20(12-17)25-10-9-24-19/h5-8,11-12,15-16H,9-10H2,1-4H3,(H,22,23)/t15-,16+/m0/s1. The van der Waals surface area contributed by atoms with Crippen LogP contribution < -0.4 is 19.5 Å². The van der Waals surface area contributed by atoms with Crippen molar-refractivity contribution < 1.29 is 19.0 Å². The summed E-state index contributed by atoms with van der Waals surface area (Å²) in [6.07, 6.45) is -0.587. The van der Waals surface area contributed by atoms with Gasteiger partial charge in [0, 0.05) is 0 Å². The molecule has 2 aromatic carbocycles. The van der Waals surface area contributed by atoms with Gasteiger partial charge in [-0.05, 0) is 57.0 Å². The Labute approximate surface area is 154 Å². The predicted octanol–water partition coefficient (Wildman–Crippen LogP) is 3.72. The van der Waals surface area contributed by atoms with E-state index in [1.807, 2.05) is 57.2 Å². The Morgan fingerprint density at radius 2 is 1.77 bits per heavy atom. The molecule has 1 aliphatic rings. The van der Waals surface area contributed by atoms with Gasteiger partial charge in [-0.1, -0.05) is 23.8 Å². The summed E-state index contributed by atoms with van der Waals surface area (Å²) >= 11 is 0. The zero-order valence-electron chi connectivity index (χ0n) is 15.7. The monoisotopic (exact) mass is 355 g/mol. The highest BCUT2D eigenvalue weighted by atomic mass is 16.6. The number of aryl methyl sites for hydroxylation is 2. The third-order valence-electron chi connectivity index (χ3n) is 4.43. The van der Waals surface area contributed by atoms with Gasteiger partial charge in [0.05, 0.1) is 6.04 Å². The van der Waals surface area contributed by atoms with Crippen molar-refractivity contribution in [2.75, 3.05) is 13.2 Å². The van der Waals surface area contributed by atoms with E-state index in [-0.39, 0.29) is 11.9 Å². The number of carbonyl (C=O) groups is 1. The van der Waals surface area contributed by atoms with Crippen LogP contribution in [-0.2, 0) is 4.79 Å². The fraction of sp³-hybridized carbons (Fsp3) is 0.381. The molecule has 5 nitrogen and oxygen atoms in total. The highest BCUT2D eigenvalue weighted by Gasteiger charge is 2.20. The Kier molecular flexibility index (Phi) is 5.35. The van der Waals surface area contributed by atoms with E-state index in [0.717, 1.165) is 28.4 Å². The molecule has 2 atom stereocenters. The molecular weight excluding hydrogens is 330 g/mol. The smallest absolute Gasteiger partial charge is 0.261 e. The maximum absolute atomic E-state index is 12.5. The van der Waals surface area contributed by atoms with E-state index in [4.69, 9.17) is 14.2 Å². The zero-order valence-corrected chi connectivity index (χ0v) is 15.7. The lowest BCUT2D eigenvalue weighted by atomic mass is 10.1. The lowest BCUT2D eigenvalue weighted by Gasteiger charge is -2.22. The number of carbonyl (C=O) groups excluding carboxylic acids is 1. The minimum Gasteiger partial charge on any atom is -0.486 e. The van der Waals surface area contributed by atoms with Gasteiger partial charge < -0.3 is 19.5 Å². The maximum Gasteiger partial charge on any atom is 0.261 e. The Balaban J connectivity index is 1.63. The fourth-order valence-corrected chi connectivity index (χ4v) is 2.92. The largest absolute Gasteiger partial charge is 0.486 e. The molecule has 0 saturated heterocycles. The first-order chi connectivity index (χ1) is 12.4. The summed E-state index contributed by atoms with van der Waals surface area (Å²) in [5.74, 6) is 2.03. The van der Waals surface area contributed by atoms with Crippen LogP contribution >= 0.6 is 0 Å². The molecule has 1 N–H and O–H groups in total. The maximum atomic E-state index is 12.5. The minimum atomic E-state index is -0.587. The number of hydrogen-bond donors (Lipinski definition) is 1. The van der Waals surface area contributed by atoms with Crippen molar-refractivity contribution in [1.29, 1.82) is 0 Å². The van der Waals surface area contributed by atoms with Gasteiger partial charge in [-0.25, -0.2) is 0 Å². The van der Waals surface area contributed by atoms with Crippen LogP contribution in [0.25, 0.3) is 0 Å². The molecule has 0 spiro atoms. The molecule has 0 aliphatic carbocycles. The van der Waals surface area contributed by atoms with Crippen LogP contribution in [0, 0.1) is 13.8 Å². The topological polar surface area (TPSA) is 56.8 Å². The average Bonchev–Trinajstić information content (AvgIpc) is 2.63. The molecule has 1 heterocycles. The summed E-state index contributed by atoms with van der Waals surface area (Å²) < 4.78 is 17.0. The van der Waals surface area contributed by atoms with Gasteiger partial charge in [0.15, 0.2) is 17.6 Å². The molecule has 138 valence electrons. The summed E-state index contributed by atoms with van der Waals surface area (Å²) in [6, 6.07) is 11.5. The van der Waals surface area contributed by atoms with E-state index in [1.165, 1.54) is 5.56 Å². The molecule has 0 fully saturated rings. The lowest BCUT2D eigenvalue weighted by Crippen LogP contribution is -2.37. The molecule has 0 bridgehead atoms. The number of nitrogens with one attached hydrogen (secondary N) is 1. The quantitative estimate of drug-likeness (QED) is 0.888. The van der Waals surface area contributed by atoms with Crippen LogP contribution in [0.5, 0.6) is 17.2 Å². The van der Waals surface area contributed by atoms with Crippen molar-refractivity contribution in [2.45, 2.75) is 39.8 Å². The fourth-order valence-electron chi connectivity index (χ4n) is 2.92. The van der Waals surface area contributed by atoms with Crippen molar-refractivity contribution in [3.8, 4) is 17.2 Å². The summed E-state index contributed by atoms with van der Waals surface area (Å²) in [5.41, 5.74) is 3.14. The van der Waals surface area contributed by atoms with Gasteiger partial charge in [0.25, 0.3) is 5.91 Å². The molecule has 5 heteroatoms. The van der Waals surface area contributed by atoms with E-state index < -0.39 is 6.10 Å². The first-order valence-electron chi connectivity index (χ1n) is 8.88. The second-order valence-corrected chi connectivity index (χ2v) is 6.66. The van der Waals surface area contributed by atoms with Gasteiger partial charge in [0.2, 0.25) is 0 Å². The van der Waals surface area contributed by atoms with E-state index in [2.05, 4.69) is 5.32 Å². The number of rotatable bonds is 5. The van der Waals surface area contributed by atoms with Crippen molar-refractivity contribution in [1.82, 2.24) is 5.32 Å². The Bertz CT molecular complexity index is 803. The number of hydrogen-bond acceptors (Lipinski definition) is 4. The van der Waals surface area contributed by atoms with Gasteiger partial charge in [-0.15, -0.1) is 0 Å². The van der Waals surface area contributed by atoms with Gasteiger partial charge in [-0.3, -0.25) is 4.79 Å². The normalized spacial score (nSPS) is 15.1. The molecule has 2 aromatic rings. The predicted molar refractivity (Wildman–Crippen MR) is 100.0 cm³/mol. The average molecular weight is 355 g/mol. The minimum absolute atomic E-state index is 0.160. The molecule has 26 heavy (non-hydrogen) atoms. The van der Waals surface area contributed by atoms with Gasteiger partial charge in [-0.2, -0.15) is 0 Å². The summed E-state index contributed by atoms with van der Waals surface area (Å²) in [4.78, 5) is 12.5. The van der Waals surface area contributed by atoms with Crippen LogP contribution in [0.15, 0.2) is 36.4 Å². The van der Waals surface area contributed by atoms with Crippen molar-refractivity contribution >= 4 is 5.91 Å². The SMILES string of the molecule is Cc1ccc(O[C@H](C)C(=O)N[C@@H](C)c2ccc3c(c2)OCCO3)c(C)c1. The van der Waals surface area contributed by atoms with Crippen LogP contribution in [-0.4, -0.2) is 25.2 Å². The Morgan fingerprint density at radius 1 is 1.04 bits per heavy atom. The molecule has 0 saturated carbocycles. The first-order valence-corrected chi connectivity index (χ1v) is 8.88. The molecule has 1 aliphatic heterocycles. The second-order valence-electron chi connectivity index (χ2n) is 6.66. The van der Waals surface area contributed by atoms with Gasteiger partial charge in [0.1, 0.15) is 19.0 Å². The molecule has 1 amide bonds. The van der Waals surface area contributed by atoms with E-state index in [9.17, 15) is 4.79 Å². The molecule has 0 aromatic heterocycles. The van der Waals surface area contributed by atoms with Crippen LogP contribution in [0.2, 0.25) is 0 Å². The van der Waals surface area contributed by atoms with Crippen molar-refractivity contribution in [2.24, 2.45) is 0 Å². The molecule has 3 rings (SSSR count). The number of amides is 1. The Hall–Kier alpha value is -2.69. The molecule has 0 unspecified atom stereocenters. The lowest BCUT2D eigenvalue weighted by molar-refractivity contribution is -0.127. The third-order valence-corrected chi connectivity index (χ3v) is 4.43. The van der Waals surface area contributed by atoms with E-state index in [0.29, 0.717) is 13.2 Å². The summed E-state index contributed by atoms with van der Waals surface area (Å²) in [7, 11) is 0. The van der Waals surface area contributed by atoms with Crippen LogP contribution in [0.3, 0.4) is 0 Å². The molecular formula is C21H25NO4.